The Hall–Kier alpha value is -1.23. The molecule has 0 saturated carbocycles. The van der Waals surface area contributed by atoms with Crippen molar-refractivity contribution in [2.24, 2.45) is 0 Å². The van der Waals surface area contributed by atoms with E-state index in [2.05, 4.69) is 5.32 Å². The van der Waals surface area contributed by atoms with E-state index in [1.807, 2.05) is 0 Å². The third kappa shape index (κ3) is 1.43. The normalized spacial score (nSPS) is 20.9. The Kier molecular flexibility index (Phi) is 1.92. The second kappa shape index (κ2) is 2.88. The summed E-state index contributed by atoms with van der Waals surface area (Å²) in [4.78, 5) is 0. The lowest BCUT2D eigenvalue weighted by molar-refractivity contribution is -0.155. The van der Waals surface area contributed by atoms with Gasteiger partial charge in [-0.25, -0.2) is 0 Å². The van der Waals surface area contributed by atoms with Crippen LogP contribution in [0.1, 0.15) is 17.2 Å². The molecule has 1 aliphatic rings. The van der Waals surface area contributed by atoms with Crippen molar-refractivity contribution in [2.75, 3.05) is 5.73 Å². The van der Waals surface area contributed by atoms with Crippen LogP contribution in [0.25, 0.3) is 0 Å². The van der Waals surface area contributed by atoms with E-state index >= 15 is 0 Å². The maximum Gasteiger partial charge on any atom is 0.407 e. The summed E-state index contributed by atoms with van der Waals surface area (Å²) in [6, 6.07) is 3.05. The zero-order valence-electron chi connectivity index (χ0n) is 7.23. The fourth-order valence-corrected chi connectivity index (χ4v) is 1.66. The fourth-order valence-electron chi connectivity index (χ4n) is 1.66. The molecule has 0 aliphatic carbocycles. The maximum atomic E-state index is 12.5. The molecular weight excluding hydrogens is 193 g/mol. The number of fused-ring (bicyclic) bond motifs is 1. The molecule has 0 spiro atoms. The molecule has 1 aromatic rings. The first kappa shape index (κ1) is 9.33. The topological polar surface area (TPSA) is 38.0 Å². The van der Waals surface area contributed by atoms with Crippen molar-refractivity contribution in [3.8, 4) is 0 Å². The predicted octanol–water partition coefficient (Wildman–Crippen LogP) is 1.98. The van der Waals surface area contributed by atoms with Crippen molar-refractivity contribution in [2.45, 2.75) is 18.8 Å². The molecule has 1 unspecified atom stereocenters. The molecule has 0 radical (unpaired) electrons. The number of alkyl halides is 3. The molecule has 0 aromatic heterocycles. The molecule has 2 rings (SSSR count). The smallest absolute Gasteiger partial charge is 0.399 e. The van der Waals surface area contributed by atoms with E-state index in [-0.39, 0.29) is 12.1 Å². The minimum absolute atomic E-state index is 0.248. The van der Waals surface area contributed by atoms with Gasteiger partial charge < -0.3 is 5.73 Å². The number of hydrogen-bond donors (Lipinski definition) is 2. The van der Waals surface area contributed by atoms with Crippen LogP contribution < -0.4 is 11.1 Å². The lowest BCUT2D eigenvalue weighted by atomic mass is 10.0. The SMILES string of the molecule is Nc1ccc2c(c1)C(C(F)(F)F)NC2. The van der Waals surface area contributed by atoms with Crippen LogP contribution in [0.5, 0.6) is 0 Å². The Bertz CT molecular complexity index is 360. The van der Waals surface area contributed by atoms with Crippen LogP contribution in [0.15, 0.2) is 18.2 Å². The van der Waals surface area contributed by atoms with Crippen molar-refractivity contribution >= 4 is 5.69 Å². The van der Waals surface area contributed by atoms with Crippen molar-refractivity contribution < 1.29 is 13.2 Å². The number of hydrogen-bond acceptors (Lipinski definition) is 2. The second-order valence-corrected chi connectivity index (χ2v) is 3.31. The van der Waals surface area contributed by atoms with Crippen molar-refractivity contribution in [3.05, 3.63) is 29.3 Å². The number of benzene rings is 1. The van der Waals surface area contributed by atoms with E-state index in [1.165, 1.54) is 6.07 Å². The molecule has 0 saturated heterocycles. The van der Waals surface area contributed by atoms with Gasteiger partial charge in [-0.1, -0.05) is 6.07 Å². The molecule has 76 valence electrons. The van der Waals surface area contributed by atoms with Gasteiger partial charge in [-0.05, 0) is 23.3 Å². The largest absolute Gasteiger partial charge is 0.407 e. The van der Waals surface area contributed by atoms with Crippen molar-refractivity contribution in [1.82, 2.24) is 5.32 Å². The highest BCUT2D eigenvalue weighted by Gasteiger charge is 2.44. The summed E-state index contributed by atoms with van der Waals surface area (Å²) in [5.74, 6) is 0. The first-order valence-electron chi connectivity index (χ1n) is 4.17. The minimum Gasteiger partial charge on any atom is -0.399 e. The van der Waals surface area contributed by atoms with Gasteiger partial charge in [0.15, 0.2) is 0 Å². The molecule has 5 heteroatoms. The predicted molar refractivity (Wildman–Crippen MR) is 46.5 cm³/mol. The molecule has 0 amide bonds. The molecule has 0 fully saturated rings. The first-order valence-corrected chi connectivity index (χ1v) is 4.17. The molecule has 1 heterocycles. The van der Waals surface area contributed by atoms with Gasteiger partial charge >= 0.3 is 6.18 Å². The molecule has 3 N–H and O–H groups in total. The van der Waals surface area contributed by atoms with E-state index < -0.39 is 12.2 Å². The van der Waals surface area contributed by atoms with E-state index in [0.29, 0.717) is 11.3 Å². The highest BCUT2D eigenvalue weighted by Crippen LogP contribution is 2.38. The summed E-state index contributed by atoms with van der Waals surface area (Å²) >= 11 is 0. The number of anilines is 1. The third-order valence-electron chi connectivity index (χ3n) is 2.30. The Labute approximate surface area is 78.9 Å². The molecule has 0 bridgehead atoms. The van der Waals surface area contributed by atoms with Crippen LogP contribution in [0.3, 0.4) is 0 Å². The van der Waals surface area contributed by atoms with Crippen LogP contribution in [0.4, 0.5) is 18.9 Å². The van der Waals surface area contributed by atoms with Gasteiger partial charge in [-0.3, -0.25) is 5.32 Å². The third-order valence-corrected chi connectivity index (χ3v) is 2.30. The summed E-state index contributed by atoms with van der Waals surface area (Å²) in [5, 5.41) is 2.41. The van der Waals surface area contributed by atoms with Gasteiger partial charge in [0.1, 0.15) is 6.04 Å². The molecular formula is C9H9F3N2. The second-order valence-electron chi connectivity index (χ2n) is 3.31. The molecule has 2 nitrogen and oxygen atoms in total. The summed E-state index contributed by atoms with van der Waals surface area (Å²) in [6.45, 7) is 0.250. The molecule has 14 heavy (non-hydrogen) atoms. The van der Waals surface area contributed by atoms with E-state index in [4.69, 9.17) is 5.73 Å². The van der Waals surface area contributed by atoms with Crippen LogP contribution in [-0.2, 0) is 6.54 Å². The average Bonchev–Trinajstić information content (AvgIpc) is 2.45. The lowest BCUT2D eigenvalue weighted by Gasteiger charge is -2.16. The minimum atomic E-state index is -4.25. The number of halogens is 3. The Morgan fingerprint density at radius 3 is 2.71 bits per heavy atom. The van der Waals surface area contributed by atoms with Crippen LogP contribution in [0.2, 0.25) is 0 Å². The Morgan fingerprint density at radius 1 is 1.36 bits per heavy atom. The van der Waals surface area contributed by atoms with E-state index in [9.17, 15) is 13.2 Å². The van der Waals surface area contributed by atoms with Gasteiger partial charge in [-0.15, -0.1) is 0 Å². The highest BCUT2D eigenvalue weighted by molar-refractivity contribution is 5.48. The first-order chi connectivity index (χ1) is 6.48. The van der Waals surface area contributed by atoms with Crippen LogP contribution >= 0.6 is 0 Å². The number of nitrogens with one attached hydrogen (secondary N) is 1. The van der Waals surface area contributed by atoms with E-state index in [0.717, 1.165) is 0 Å². The number of rotatable bonds is 0. The van der Waals surface area contributed by atoms with Gasteiger partial charge in [0.2, 0.25) is 0 Å². The van der Waals surface area contributed by atoms with Gasteiger partial charge in [0.05, 0.1) is 0 Å². The quantitative estimate of drug-likeness (QED) is 0.631. The van der Waals surface area contributed by atoms with Gasteiger partial charge in [0.25, 0.3) is 0 Å². The lowest BCUT2D eigenvalue weighted by Crippen LogP contribution is -2.28. The summed E-state index contributed by atoms with van der Waals surface area (Å²) in [5.41, 5.74) is 6.72. The standard InChI is InChI=1S/C9H9F3N2/c10-9(11,12)8-7-3-6(13)2-1-5(7)4-14-8/h1-3,8,14H,4,13H2. The maximum absolute atomic E-state index is 12.5. The summed E-state index contributed by atoms with van der Waals surface area (Å²) in [7, 11) is 0. The zero-order chi connectivity index (χ0) is 10.3. The summed E-state index contributed by atoms with van der Waals surface area (Å²) in [6.07, 6.45) is -4.25. The monoisotopic (exact) mass is 202 g/mol. The average molecular weight is 202 g/mol. The van der Waals surface area contributed by atoms with Crippen LogP contribution in [0, 0.1) is 0 Å². The van der Waals surface area contributed by atoms with Gasteiger partial charge in [-0.2, -0.15) is 13.2 Å². The van der Waals surface area contributed by atoms with E-state index in [1.54, 1.807) is 12.1 Å². The molecule has 1 aliphatic heterocycles. The molecule has 1 aromatic carbocycles. The zero-order valence-corrected chi connectivity index (χ0v) is 7.23. The number of nitrogen functional groups attached to an aromatic ring is 1. The fraction of sp³-hybridized carbons (Fsp3) is 0.333. The van der Waals surface area contributed by atoms with Crippen molar-refractivity contribution in [1.29, 1.82) is 0 Å². The van der Waals surface area contributed by atoms with Gasteiger partial charge in [0, 0.05) is 12.2 Å². The Balaban J connectivity index is 2.43. The van der Waals surface area contributed by atoms with Crippen molar-refractivity contribution in [3.63, 3.8) is 0 Å². The summed E-state index contributed by atoms with van der Waals surface area (Å²) < 4.78 is 37.4. The van der Waals surface area contributed by atoms with Crippen LogP contribution in [-0.4, -0.2) is 6.18 Å². The number of nitrogens with two attached hydrogens (primary N) is 1. The Morgan fingerprint density at radius 2 is 2.07 bits per heavy atom. The molecule has 1 atom stereocenters. The highest BCUT2D eigenvalue weighted by atomic mass is 19.4.